The molecule has 0 spiro atoms. The van der Waals surface area contributed by atoms with Gasteiger partial charge in [-0.1, -0.05) is 18.2 Å². The molecule has 2 aromatic rings. The molecule has 0 aliphatic carbocycles. The van der Waals surface area contributed by atoms with E-state index >= 15 is 0 Å². The largest absolute Gasteiger partial charge is 0.396 e. The summed E-state index contributed by atoms with van der Waals surface area (Å²) in [7, 11) is 0. The van der Waals surface area contributed by atoms with Gasteiger partial charge in [-0.15, -0.1) is 0 Å². The number of aromatic nitrogens is 1. The summed E-state index contributed by atoms with van der Waals surface area (Å²) in [5.41, 5.74) is 2.14. The van der Waals surface area contributed by atoms with Crippen molar-refractivity contribution in [1.29, 1.82) is 0 Å². The van der Waals surface area contributed by atoms with Crippen LogP contribution in [0.15, 0.2) is 53.6 Å². The van der Waals surface area contributed by atoms with E-state index in [1.54, 1.807) is 11.9 Å². The number of pyridine rings is 1. The summed E-state index contributed by atoms with van der Waals surface area (Å²) in [6, 6.07) is 14.4. The first-order valence-electron chi connectivity index (χ1n) is 6.40. The Bertz CT molecular complexity index is 524. The molecule has 1 aliphatic heterocycles. The minimum atomic E-state index is 0.301. The average Bonchev–Trinajstić information content (AvgIpc) is 2.44. The number of rotatable bonds is 4. The Morgan fingerprint density at radius 2 is 1.95 bits per heavy atom. The smallest absolute Gasteiger partial charge is 0.0701 e. The van der Waals surface area contributed by atoms with Gasteiger partial charge in [0.1, 0.15) is 0 Å². The second-order valence-corrected chi connectivity index (χ2v) is 5.90. The molecule has 1 N–H and O–H groups in total. The quantitative estimate of drug-likeness (QED) is 0.868. The van der Waals surface area contributed by atoms with Gasteiger partial charge in [-0.05, 0) is 36.2 Å². The van der Waals surface area contributed by atoms with Crippen molar-refractivity contribution in [2.24, 2.45) is 5.92 Å². The Morgan fingerprint density at radius 3 is 2.58 bits per heavy atom. The molecule has 0 unspecified atom stereocenters. The van der Waals surface area contributed by atoms with E-state index in [-0.39, 0.29) is 0 Å². The molecule has 1 aliphatic rings. The topological polar surface area (TPSA) is 36.4 Å². The van der Waals surface area contributed by atoms with Crippen molar-refractivity contribution in [3.05, 3.63) is 48.7 Å². The molecule has 0 saturated carbocycles. The zero-order chi connectivity index (χ0) is 13.1. The number of nitrogens with zero attached hydrogens (tertiary/aromatic N) is 2. The summed E-state index contributed by atoms with van der Waals surface area (Å²) < 4.78 is 2.27. The fraction of sp³-hybridized carbons (Fsp3) is 0.267. The highest BCUT2D eigenvalue weighted by atomic mass is 32.2. The lowest BCUT2D eigenvalue weighted by atomic mass is 10.1. The monoisotopic (exact) mass is 272 g/mol. The van der Waals surface area contributed by atoms with Gasteiger partial charge in [0, 0.05) is 42.3 Å². The van der Waals surface area contributed by atoms with Gasteiger partial charge >= 0.3 is 0 Å². The molecule has 19 heavy (non-hydrogen) atoms. The highest BCUT2D eigenvalue weighted by Gasteiger charge is 2.26. The maximum absolute atomic E-state index is 8.99. The fourth-order valence-corrected chi connectivity index (χ4v) is 3.21. The van der Waals surface area contributed by atoms with Crippen LogP contribution in [0.2, 0.25) is 0 Å². The molecule has 0 amide bonds. The van der Waals surface area contributed by atoms with Crippen LogP contribution in [0.5, 0.6) is 0 Å². The first kappa shape index (κ1) is 12.7. The van der Waals surface area contributed by atoms with Crippen molar-refractivity contribution in [2.75, 3.05) is 19.7 Å². The van der Waals surface area contributed by atoms with Gasteiger partial charge in [0.15, 0.2) is 0 Å². The lowest BCUT2D eigenvalue weighted by Gasteiger charge is -2.36. The van der Waals surface area contributed by atoms with E-state index in [9.17, 15) is 0 Å². The summed E-state index contributed by atoms with van der Waals surface area (Å²) in [5, 5.41) is 8.99. The van der Waals surface area contributed by atoms with E-state index in [0.29, 0.717) is 12.5 Å². The number of aliphatic hydroxyl groups is 1. The Morgan fingerprint density at radius 1 is 1.16 bits per heavy atom. The zero-order valence-corrected chi connectivity index (χ0v) is 11.4. The Labute approximate surface area is 117 Å². The van der Waals surface area contributed by atoms with E-state index < -0.39 is 0 Å². The third-order valence-electron chi connectivity index (χ3n) is 3.23. The summed E-state index contributed by atoms with van der Waals surface area (Å²) in [5.74, 6) is 0.459. The van der Waals surface area contributed by atoms with Crippen LogP contribution in [-0.2, 0) is 0 Å². The molecule has 1 fully saturated rings. The van der Waals surface area contributed by atoms with Gasteiger partial charge in [0.25, 0.3) is 0 Å². The van der Waals surface area contributed by atoms with Crippen LogP contribution in [0.1, 0.15) is 0 Å². The van der Waals surface area contributed by atoms with Crippen molar-refractivity contribution >= 4 is 11.9 Å². The zero-order valence-electron chi connectivity index (χ0n) is 10.6. The molecule has 0 bridgehead atoms. The number of aliphatic hydroxyl groups excluding tert-OH is 1. The normalized spacial score (nSPS) is 16.3. The second kappa shape index (κ2) is 5.74. The van der Waals surface area contributed by atoms with Crippen molar-refractivity contribution in [2.45, 2.75) is 4.90 Å². The predicted octanol–water partition coefficient (Wildman–Crippen LogP) is 2.68. The SMILES string of the molecule is OCC1CN(Sc2ccc(-c3ccccn3)cc2)C1. The number of hydrogen-bond acceptors (Lipinski definition) is 4. The van der Waals surface area contributed by atoms with Crippen molar-refractivity contribution in [3.63, 3.8) is 0 Å². The fourth-order valence-electron chi connectivity index (χ4n) is 2.08. The summed E-state index contributed by atoms with van der Waals surface area (Å²) in [6.45, 7) is 2.25. The molecule has 3 nitrogen and oxygen atoms in total. The van der Waals surface area contributed by atoms with Crippen LogP contribution in [0.25, 0.3) is 11.3 Å². The molecule has 0 radical (unpaired) electrons. The van der Waals surface area contributed by atoms with E-state index in [1.807, 2.05) is 24.4 Å². The second-order valence-electron chi connectivity index (χ2n) is 4.73. The average molecular weight is 272 g/mol. The standard InChI is InChI=1S/C15H16N2OS/c18-11-12-9-17(10-12)19-14-6-4-13(5-7-14)15-3-1-2-8-16-15/h1-8,12,18H,9-11H2. The number of benzene rings is 1. The molecule has 3 rings (SSSR count). The van der Waals surface area contributed by atoms with E-state index in [4.69, 9.17) is 5.11 Å². The minimum Gasteiger partial charge on any atom is -0.396 e. The van der Waals surface area contributed by atoms with Crippen LogP contribution in [0.4, 0.5) is 0 Å². The van der Waals surface area contributed by atoms with Crippen LogP contribution < -0.4 is 0 Å². The highest BCUT2D eigenvalue weighted by Crippen LogP contribution is 2.31. The first-order valence-corrected chi connectivity index (χ1v) is 7.18. The van der Waals surface area contributed by atoms with Gasteiger partial charge in [0.05, 0.1) is 5.69 Å². The van der Waals surface area contributed by atoms with Gasteiger partial charge in [-0.2, -0.15) is 0 Å². The van der Waals surface area contributed by atoms with Crippen molar-refractivity contribution in [3.8, 4) is 11.3 Å². The van der Waals surface area contributed by atoms with Gasteiger partial charge in [0.2, 0.25) is 0 Å². The van der Waals surface area contributed by atoms with Crippen molar-refractivity contribution < 1.29 is 5.11 Å². The minimum absolute atomic E-state index is 0.301. The number of hydrogen-bond donors (Lipinski definition) is 1. The molecular weight excluding hydrogens is 256 g/mol. The van der Waals surface area contributed by atoms with Crippen LogP contribution >= 0.6 is 11.9 Å². The van der Waals surface area contributed by atoms with Gasteiger partial charge in [-0.3, -0.25) is 4.98 Å². The maximum Gasteiger partial charge on any atom is 0.0701 e. The molecule has 98 valence electrons. The third-order valence-corrected chi connectivity index (χ3v) is 4.27. The van der Waals surface area contributed by atoms with Gasteiger partial charge in [-0.25, -0.2) is 4.31 Å². The highest BCUT2D eigenvalue weighted by molar-refractivity contribution is 7.97. The summed E-state index contributed by atoms with van der Waals surface area (Å²) in [4.78, 5) is 5.58. The molecular formula is C15H16N2OS. The summed E-state index contributed by atoms with van der Waals surface area (Å²) in [6.07, 6.45) is 1.81. The lowest BCUT2D eigenvalue weighted by Crippen LogP contribution is -2.43. The molecule has 1 saturated heterocycles. The molecule has 2 heterocycles. The molecule has 4 heteroatoms. The Balaban J connectivity index is 1.63. The van der Waals surface area contributed by atoms with Crippen LogP contribution in [-0.4, -0.2) is 34.1 Å². The first-order chi connectivity index (χ1) is 9.35. The predicted molar refractivity (Wildman–Crippen MR) is 77.7 cm³/mol. The van der Waals surface area contributed by atoms with E-state index in [1.165, 1.54) is 4.90 Å². The van der Waals surface area contributed by atoms with Gasteiger partial charge < -0.3 is 5.11 Å². The maximum atomic E-state index is 8.99. The van der Waals surface area contributed by atoms with E-state index in [2.05, 4.69) is 33.6 Å². The lowest BCUT2D eigenvalue weighted by molar-refractivity contribution is 0.125. The molecule has 0 atom stereocenters. The molecule has 1 aromatic heterocycles. The Hall–Kier alpha value is -1.36. The Kier molecular flexibility index (Phi) is 3.82. The summed E-state index contributed by atoms with van der Waals surface area (Å²) >= 11 is 1.76. The van der Waals surface area contributed by atoms with Crippen molar-refractivity contribution in [1.82, 2.24) is 9.29 Å². The third kappa shape index (κ3) is 2.97. The van der Waals surface area contributed by atoms with Crippen LogP contribution in [0, 0.1) is 5.92 Å². The molecule has 1 aromatic carbocycles. The van der Waals surface area contributed by atoms with E-state index in [0.717, 1.165) is 24.3 Å². The van der Waals surface area contributed by atoms with Crippen LogP contribution in [0.3, 0.4) is 0 Å².